The number of carbonyl (C=O) groups excluding carboxylic acids is 1. The number of rotatable bonds is 6. The van der Waals surface area contributed by atoms with Gasteiger partial charge >= 0.3 is 5.97 Å². The van der Waals surface area contributed by atoms with Gasteiger partial charge in [0, 0.05) is 13.1 Å². The summed E-state index contributed by atoms with van der Waals surface area (Å²) in [7, 11) is 0. The number of carboxylic acid groups (broad SMARTS) is 1. The Bertz CT molecular complexity index is 833. The topological polar surface area (TPSA) is 66.8 Å². The minimum atomic E-state index is -0.914. The fourth-order valence-corrected chi connectivity index (χ4v) is 3.48. The van der Waals surface area contributed by atoms with Gasteiger partial charge in [-0.3, -0.25) is 9.59 Å². The van der Waals surface area contributed by atoms with Gasteiger partial charge in [0.2, 0.25) is 0 Å². The van der Waals surface area contributed by atoms with E-state index in [4.69, 9.17) is 4.74 Å². The van der Waals surface area contributed by atoms with Gasteiger partial charge in [-0.15, -0.1) is 0 Å². The van der Waals surface area contributed by atoms with Crippen LogP contribution in [0.1, 0.15) is 48.8 Å². The number of fused-ring (bicyclic) bond motifs is 1. The highest BCUT2D eigenvalue weighted by Gasteiger charge is 2.32. The molecule has 0 bridgehead atoms. The summed E-state index contributed by atoms with van der Waals surface area (Å²) in [5.74, 6) is -0.758. The molecule has 1 heterocycles. The first kappa shape index (κ1) is 19.0. The maximum absolute atomic E-state index is 12.7. The molecule has 0 spiro atoms. The summed E-state index contributed by atoms with van der Waals surface area (Å²) >= 11 is 0. The van der Waals surface area contributed by atoms with Crippen LogP contribution in [0.2, 0.25) is 0 Å². The van der Waals surface area contributed by atoms with Crippen molar-refractivity contribution in [3.05, 3.63) is 65.2 Å². The lowest BCUT2D eigenvalue weighted by molar-refractivity contribution is -0.142. The van der Waals surface area contributed by atoms with Crippen molar-refractivity contribution in [1.82, 2.24) is 4.90 Å². The third kappa shape index (κ3) is 4.13. The molecule has 3 rings (SSSR count). The number of hydrogen-bond acceptors (Lipinski definition) is 3. The molecule has 27 heavy (non-hydrogen) atoms. The smallest absolute Gasteiger partial charge is 0.312 e. The monoisotopic (exact) mass is 367 g/mol. The van der Waals surface area contributed by atoms with E-state index in [1.54, 1.807) is 4.90 Å². The van der Waals surface area contributed by atoms with Gasteiger partial charge in [0.05, 0.1) is 5.92 Å². The van der Waals surface area contributed by atoms with Crippen LogP contribution in [0.4, 0.5) is 0 Å². The Morgan fingerprint density at radius 2 is 1.89 bits per heavy atom. The van der Waals surface area contributed by atoms with Crippen LogP contribution in [0.15, 0.2) is 48.5 Å². The maximum Gasteiger partial charge on any atom is 0.312 e. The highest BCUT2D eigenvalue weighted by Crippen LogP contribution is 2.30. The van der Waals surface area contributed by atoms with Crippen LogP contribution in [-0.4, -0.2) is 35.0 Å². The van der Waals surface area contributed by atoms with Gasteiger partial charge in [-0.1, -0.05) is 56.3 Å². The van der Waals surface area contributed by atoms with Crippen LogP contribution in [0, 0.1) is 0 Å². The van der Waals surface area contributed by atoms with Crippen molar-refractivity contribution in [2.45, 2.75) is 38.6 Å². The van der Waals surface area contributed by atoms with E-state index in [-0.39, 0.29) is 19.1 Å². The fourth-order valence-electron chi connectivity index (χ4n) is 3.48. The van der Waals surface area contributed by atoms with Crippen LogP contribution in [-0.2, 0) is 16.1 Å². The molecule has 0 aliphatic carbocycles. The normalized spacial score (nSPS) is 17.1. The van der Waals surface area contributed by atoms with Gasteiger partial charge in [0.15, 0.2) is 6.61 Å². The molecular weight excluding hydrogens is 342 g/mol. The van der Waals surface area contributed by atoms with E-state index in [1.807, 2.05) is 48.5 Å². The predicted octanol–water partition coefficient (Wildman–Crippen LogP) is 3.79. The van der Waals surface area contributed by atoms with E-state index in [0.29, 0.717) is 18.2 Å². The number of carboxylic acids is 1. The number of aliphatic carboxylic acids is 1. The van der Waals surface area contributed by atoms with E-state index in [9.17, 15) is 14.7 Å². The van der Waals surface area contributed by atoms with Crippen molar-refractivity contribution in [1.29, 1.82) is 0 Å². The van der Waals surface area contributed by atoms with E-state index < -0.39 is 11.9 Å². The quantitative estimate of drug-likeness (QED) is 0.843. The number of ether oxygens (including phenoxy) is 1. The van der Waals surface area contributed by atoms with E-state index in [2.05, 4.69) is 13.8 Å². The average Bonchev–Trinajstić information content (AvgIpc) is 2.70. The van der Waals surface area contributed by atoms with Crippen LogP contribution >= 0.6 is 0 Å². The van der Waals surface area contributed by atoms with Crippen molar-refractivity contribution in [2.24, 2.45) is 0 Å². The molecule has 0 saturated heterocycles. The first-order valence-electron chi connectivity index (χ1n) is 9.31. The molecule has 1 amide bonds. The molecule has 2 unspecified atom stereocenters. The fraction of sp³-hybridized carbons (Fsp3) is 0.364. The average molecular weight is 367 g/mol. The number of benzene rings is 2. The summed E-state index contributed by atoms with van der Waals surface area (Å²) in [6, 6.07) is 15.2. The van der Waals surface area contributed by atoms with E-state index >= 15 is 0 Å². The second kappa shape index (κ2) is 8.25. The first-order chi connectivity index (χ1) is 13.0. The molecule has 2 aromatic rings. The summed E-state index contributed by atoms with van der Waals surface area (Å²) in [5, 5.41) is 9.55. The molecular formula is C22H25NO4. The molecule has 0 aromatic heterocycles. The van der Waals surface area contributed by atoms with Crippen molar-refractivity contribution < 1.29 is 19.4 Å². The third-order valence-corrected chi connectivity index (χ3v) is 5.26. The highest BCUT2D eigenvalue weighted by molar-refractivity contribution is 5.82. The first-order valence-corrected chi connectivity index (χ1v) is 9.31. The molecule has 1 aliphatic rings. The Morgan fingerprint density at radius 3 is 2.63 bits per heavy atom. The summed E-state index contributed by atoms with van der Waals surface area (Å²) in [4.78, 5) is 25.9. The largest absolute Gasteiger partial charge is 0.483 e. The molecule has 5 heteroatoms. The number of nitrogens with zero attached hydrogens (tertiary/aromatic N) is 1. The van der Waals surface area contributed by atoms with E-state index in [0.717, 1.165) is 23.1 Å². The zero-order valence-electron chi connectivity index (χ0n) is 15.7. The van der Waals surface area contributed by atoms with Gasteiger partial charge in [0.1, 0.15) is 5.75 Å². The van der Waals surface area contributed by atoms with Gasteiger partial charge < -0.3 is 14.7 Å². The van der Waals surface area contributed by atoms with Crippen molar-refractivity contribution in [3.8, 4) is 5.75 Å². The lowest BCUT2D eigenvalue weighted by Gasteiger charge is -2.32. The second-order valence-electron chi connectivity index (χ2n) is 7.00. The predicted molar refractivity (Wildman–Crippen MR) is 103 cm³/mol. The minimum Gasteiger partial charge on any atom is -0.483 e. The van der Waals surface area contributed by atoms with Crippen molar-refractivity contribution >= 4 is 11.9 Å². The van der Waals surface area contributed by atoms with Crippen LogP contribution < -0.4 is 4.74 Å². The van der Waals surface area contributed by atoms with Crippen LogP contribution in [0.25, 0.3) is 0 Å². The van der Waals surface area contributed by atoms with Gasteiger partial charge in [-0.05, 0) is 35.1 Å². The molecule has 5 nitrogen and oxygen atoms in total. The summed E-state index contributed by atoms with van der Waals surface area (Å²) in [6.07, 6.45) is 0.984. The summed E-state index contributed by atoms with van der Waals surface area (Å²) in [6.45, 7) is 4.73. The highest BCUT2D eigenvalue weighted by atomic mass is 16.5. The standard InChI is InChI=1S/C22H25NO4/c1-3-15(2)17-9-6-7-11-20(17)27-14-21(24)23-12-16-8-4-5-10-18(16)19(13-23)22(25)26/h4-11,15,19H,3,12-14H2,1-2H3,(H,25,26). The van der Waals surface area contributed by atoms with Gasteiger partial charge in [-0.25, -0.2) is 0 Å². The number of para-hydroxylation sites is 1. The molecule has 142 valence electrons. The Kier molecular flexibility index (Phi) is 5.79. The van der Waals surface area contributed by atoms with E-state index in [1.165, 1.54) is 0 Å². The summed E-state index contributed by atoms with van der Waals surface area (Å²) in [5.41, 5.74) is 2.75. The molecule has 1 aliphatic heterocycles. The zero-order valence-corrected chi connectivity index (χ0v) is 15.7. The molecule has 0 saturated carbocycles. The maximum atomic E-state index is 12.7. The van der Waals surface area contributed by atoms with Crippen LogP contribution in [0.5, 0.6) is 5.75 Å². The number of amides is 1. The number of hydrogen-bond donors (Lipinski definition) is 1. The lowest BCUT2D eigenvalue weighted by Crippen LogP contribution is -2.42. The third-order valence-electron chi connectivity index (χ3n) is 5.26. The SMILES string of the molecule is CCC(C)c1ccccc1OCC(=O)N1Cc2ccccc2C(C(=O)O)C1. The van der Waals surface area contributed by atoms with Crippen molar-refractivity contribution in [3.63, 3.8) is 0 Å². The van der Waals surface area contributed by atoms with Gasteiger partial charge in [0.25, 0.3) is 5.91 Å². The summed E-state index contributed by atoms with van der Waals surface area (Å²) < 4.78 is 5.82. The van der Waals surface area contributed by atoms with Crippen LogP contribution in [0.3, 0.4) is 0 Å². The van der Waals surface area contributed by atoms with Gasteiger partial charge in [-0.2, -0.15) is 0 Å². The molecule has 0 radical (unpaired) electrons. The van der Waals surface area contributed by atoms with Crippen molar-refractivity contribution in [2.75, 3.05) is 13.2 Å². The Labute approximate surface area is 159 Å². The molecule has 2 aromatic carbocycles. The Hall–Kier alpha value is -2.82. The lowest BCUT2D eigenvalue weighted by atomic mass is 9.90. The second-order valence-corrected chi connectivity index (χ2v) is 7.00. The molecule has 2 atom stereocenters. The molecule has 1 N–H and O–H groups in total. The molecule has 0 fully saturated rings. The number of carbonyl (C=O) groups is 2. The zero-order chi connectivity index (χ0) is 19.4. The minimum absolute atomic E-state index is 0.0953. The Balaban J connectivity index is 1.72. The Morgan fingerprint density at radius 1 is 1.19 bits per heavy atom.